The van der Waals surface area contributed by atoms with Crippen molar-refractivity contribution in [1.29, 1.82) is 0 Å². The van der Waals surface area contributed by atoms with Crippen molar-refractivity contribution in [1.82, 2.24) is 19.6 Å². The molecule has 6 heteroatoms. The van der Waals surface area contributed by atoms with E-state index in [4.69, 9.17) is 10.8 Å². The molecule has 1 aliphatic heterocycles. The van der Waals surface area contributed by atoms with Crippen molar-refractivity contribution in [2.75, 3.05) is 18.4 Å². The highest BCUT2D eigenvalue weighted by Gasteiger charge is 2.31. The fourth-order valence-electron chi connectivity index (χ4n) is 3.43. The predicted molar refractivity (Wildman–Crippen MR) is 92.0 cm³/mol. The van der Waals surface area contributed by atoms with Crippen molar-refractivity contribution in [3.63, 3.8) is 0 Å². The van der Waals surface area contributed by atoms with Gasteiger partial charge in [-0.2, -0.15) is 9.61 Å². The van der Waals surface area contributed by atoms with Gasteiger partial charge in [0.1, 0.15) is 5.82 Å². The molecule has 0 radical (unpaired) electrons. The number of anilines is 1. The van der Waals surface area contributed by atoms with Crippen LogP contribution in [0.5, 0.6) is 0 Å². The van der Waals surface area contributed by atoms with E-state index >= 15 is 0 Å². The SMILES string of the molecule is C=Cc1cnn2c(N[C@H]3CCN(N)C3)cc(C(C)C3CC3)nc12. The molecule has 0 spiro atoms. The Morgan fingerprint density at radius 3 is 2.91 bits per heavy atom. The van der Waals surface area contributed by atoms with E-state index in [9.17, 15) is 0 Å². The Balaban J connectivity index is 1.74. The lowest BCUT2D eigenvalue weighted by Gasteiger charge is -2.18. The molecular formula is C17H24N6. The summed E-state index contributed by atoms with van der Waals surface area (Å²) >= 11 is 0. The monoisotopic (exact) mass is 312 g/mol. The highest BCUT2D eigenvalue weighted by molar-refractivity contribution is 5.66. The number of hydrogen-bond acceptors (Lipinski definition) is 5. The van der Waals surface area contributed by atoms with Crippen LogP contribution in [0.4, 0.5) is 5.82 Å². The summed E-state index contributed by atoms with van der Waals surface area (Å²) < 4.78 is 1.89. The first-order valence-corrected chi connectivity index (χ1v) is 8.43. The van der Waals surface area contributed by atoms with Crippen molar-refractivity contribution in [3.05, 3.63) is 30.1 Å². The van der Waals surface area contributed by atoms with Crippen molar-refractivity contribution in [2.24, 2.45) is 11.8 Å². The Labute approximate surface area is 136 Å². The molecule has 0 aromatic carbocycles. The van der Waals surface area contributed by atoms with E-state index in [0.29, 0.717) is 12.0 Å². The number of nitrogens with zero attached hydrogens (tertiary/aromatic N) is 4. The minimum absolute atomic E-state index is 0.353. The summed E-state index contributed by atoms with van der Waals surface area (Å²) in [5.41, 5.74) is 3.01. The van der Waals surface area contributed by atoms with Crippen LogP contribution in [-0.4, -0.2) is 38.7 Å². The van der Waals surface area contributed by atoms with Gasteiger partial charge >= 0.3 is 0 Å². The number of hydrazine groups is 1. The Morgan fingerprint density at radius 2 is 2.26 bits per heavy atom. The van der Waals surface area contributed by atoms with E-state index in [-0.39, 0.29) is 0 Å². The van der Waals surface area contributed by atoms with Crippen LogP contribution in [0, 0.1) is 5.92 Å². The van der Waals surface area contributed by atoms with Gasteiger partial charge in [-0.05, 0) is 25.2 Å². The molecule has 0 bridgehead atoms. The van der Waals surface area contributed by atoms with Crippen molar-refractivity contribution < 1.29 is 0 Å². The molecule has 2 aliphatic rings. The Hall–Kier alpha value is -1.92. The van der Waals surface area contributed by atoms with Gasteiger partial charge in [-0.1, -0.05) is 19.6 Å². The largest absolute Gasteiger partial charge is 0.366 e. The summed E-state index contributed by atoms with van der Waals surface area (Å²) in [5.74, 6) is 8.16. The zero-order valence-electron chi connectivity index (χ0n) is 13.6. The third-order valence-corrected chi connectivity index (χ3v) is 5.11. The fraction of sp³-hybridized carbons (Fsp3) is 0.529. The molecule has 2 aromatic heterocycles. The smallest absolute Gasteiger partial charge is 0.164 e. The molecule has 1 saturated heterocycles. The first kappa shape index (κ1) is 14.7. The summed E-state index contributed by atoms with van der Waals surface area (Å²) in [6, 6.07) is 2.51. The van der Waals surface area contributed by atoms with E-state index in [1.165, 1.54) is 12.8 Å². The number of rotatable bonds is 5. The van der Waals surface area contributed by atoms with Crippen LogP contribution in [0.15, 0.2) is 18.8 Å². The van der Waals surface area contributed by atoms with Gasteiger partial charge in [0.05, 0.1) is 6.20 Å². The first-order chi connectivity index (χ1) is 11.2. The predicted octanol–water partition coefficient (Wildman–Crippen LogP) is 2.25. The second kappa shape index (κ2) is 5.62. The summed E-state index contributed by atoms with van der Waals surface area (Å²) in [5, 5.41) is 9.96. The van der Waals surface area contributed by atoms with Gasteiger partial charge in [0.2, 0.25) is 0 Å². The lowest BCUT2D eigenvalue weighted by Crippen LogP contribution is -2.31. The molecule has 23 heavy (non-hydrogen) atoms. The van der Waals surface area contributed by atoms with Crippen molar-refractivity contribution >= 4 is 17.5 Å². The molecule has 4 rings (SSSR count). The van der Waals surface area contributed by atoms with E-state index in [1.807, 2.05) is 21.8 Å². The molecule has 3 heterocycles. The lowest BCUT2D eigenvalue weighted by molar-refractivity contribution is 0.352. The fourth-order valence-corrected chi connectivity index (χ4v) is 3.43. The minimum Gasteiger partial charge on any atom is -0.366 e. The Bertz CT molecular complexity index is 732. The topological polar surface area (TPSA) is 71.5 Å². The molecule has 0 amide bonds. The molecule has 122 valence electrons. The van der Waals surface area contributed by atoms with Crippen LogP contribution in [0.3, 0.4) is 0 Å². The van der Waals surface area contributed by atoms with E-state index in [0.717, 1.165) is 48.2 Å². The molecule has 2 atom stereocenters. The molecule has 2 fully saturated rings. The summed E-state index contributed by atoms with van der Waals surface area (Å²) in [7, 11) is 0. The van der Waals surface area contributed by atoms with Gasteiger partial charge in [0, 0.05) is 42.4 Å². The van der Waals surface area contributed by atoms with Crippen molar-refractivity contribution in [3.8, 4) is 0 Å². The molecule has 1 aliphatic carbocycles. The maximum atomic E-state index is 5.89. The third kappa shape index (κ3) is 2.72. The van der Waals surface area contributed by atoms with Crippen LogP contribution in [0.25, 0.3) is 11.7 Å². The second-order valence-corrected chi connectivity index (χ2v) is 6.86. The van der Waals surface area contributed by atoms with Crippen LogP contribution >= 0.6 is 0 Å². The highest BCUT2D eigenvalue weighted by Crippen LogP contribution is 2.42. The van der Waals surface area contributed by atoms with Gasteiger partial charge in [-0.3, -0.25) is 5.84 Å². The van der Waals surface area contributed by atoms with Crippen molar-refractivity contribution in [2.45, 2.75) is 38.1 Å². The van der Waals surface area contributed by atoms with E-state index < -0.39 is 0 Å². The zero-order chi connectivity index (χ0) is 16.0. The average molecular weight is 312 g/mol. The molecule has 6 nitrogen and oxygen atoms in total. The number of fused-ring (bicyclic) bond motifs is 1. The highest BCUT2D eigenvalue weighted by atomic mass is 15.4. The number of nitrogens with one attached hydrogen (secondary N) is 1. The first-order valence-electron chi connectivity index (χ1n) is 8.43. The van der Waals surface area contributed by atoms with Gasteiger partial charge in [0.25, 0.3) is 0 Å². The number of aromatic nitrogens is 3. The molecule has 1 saturated carbocycles. The van der Waals surface area contributed by atoms with Crippen LogP contribution in [0.2, 0.25) is 0 Å². The second-order valence-electron chi connectivity index (χ2n) is 6.86. The average Bonchev–Trinajstić information content (AvgIpc) is 3.19. The van der Waals surface area contributed by atoms with Gasteiger partial charge < -0.3 is 5.32 Å². The van der Waals surface area contributed by atoms with Gasteiger partial charge in [0.15, 0.2) is 5.65 Å². The maximum absolute atomic E-state index is 5.89. The maximum Gasteiger partial charge on any atom is 0.164 e. The zero-order valence-corrected chi connectivity index (χ0v) is 13.6. The Kier molecular flexibility index (Phi) is 3.58. The van der Waals surface area contributed by atoms with Crippen LogP contribution < -0.4 is 11.2 Å². The Morgan fingerprint density at radius 1 is 1.43 bits per heavy atom. The van der Waals surface area contributed by atoms with Crippen LogP contribution in [0.1, 0.15) is 43.4 Å². The number of nitrogens with two attached hydrogens (primary N) is 1. The van der Waals surface area contributed by atoms with Gasteiger partial charge in [-0.15, -0.1) is 0 Å². The normalized spacial score (nSPS) is 23.3. The van der Waals surface area contributed by atoms with E-state index in [2.05, 4.69) is 30.0 Å². The summed E-state index contributed by atoms with van der Waals surface area (Å²) in [6.07, 6.45) is 7.32. The minimum atomic E-state index is 0.353. The third-order valence-electron chi connectivity index (χ3n) is 5.11. The standard InChI is InChI=1S/C17H24N6/c1-3-12-9-19-23-16(20-14-6-7-22(18)10-14)8-15(21-17(12)23)11(2)13-4-5-13/h3,8-9,11,13-14,20H,1,4-7,10,18H2,2H3/t11?,14-/m0/s1. The summed E-state index contributed by atoms with van der Waals surface area (Å²) in [4.78, 5) is 4.87. The molecule has 1 unspecified atom stereocenters. The molecule has 2 aromatic rings. The molecular weight excluding hydrogens is 288 g/mol. The summed E-state index contributed by atoms with van der Waals surface area (Å²) in [6.45, 7) is 7.94. The lowest BCUT2D eigenvalue weighted by atomic mass is 10.0. The van der Waals surface area contributed by atoms with Crippen LogP contribution in [-0.2, 0) is 0 Å². The van der Waals surface area contributed by atoms with Gasteiger partial charge in [-0.25, -0.2) is 9.99 Å². The molecule has 3 N–H and O–H groups in total. The quantitative estimate of drug-likeness (QED) is 0.829. The number of hydrogen-bond donors (Lipinski definition) is 2. The van der Waals surface area contributed by atoms with E-state index in [1.54, 1.807) is 0 Å².